The number of aliphatic hydroxyl groups is 1. The summed E-state index contributed by atoms with van der Waals surface area (Å²) in [6.45, 7) is 4.52. The Hall–Kier alpha value is -1.77. The van der Waals surface area contributed by atoms with Crippen molar-refractivity contribution in [3.63, 3.8) is 0 Å². The molecule has 8 heteroatoms. The van der Waals surface area contributed by atoms with Crippen molar-refractivity contribution >= 4 is 10.9 Å². The number of thiol groups is 1. The molecule has 2 aliphatic carbocycles. The SMILES string of the molecule is CC1(C)[C@@H](c2ccccc2)[C@@H]1c1nc(C2CCCCC2O)no1.N[SH](=O)=O. The normalized spacial score (nSPS) is 29.1. The molecular formula is C19H27N3O4S. The molecule has 2 saturated carbocycles. The number of hydrogen-bond donors (Lipinski definition) is 3. The van der Waals surface area contributed by atoms with Crippen LogP contribution in [0, 0.1) is 5.41 Å². The number of nitrogens with zero attached hydrogens (tertiary/aromatic N) is 2. The van der Waals surface area contributed by atoms with Gasteiger partial charge in [0.05, 0.1) is 12.0 Å². The van der Waals surface area contributed by atoms with Gasteiger partial charge in [-0.3, -0.25) is 0 Å². The lowest BCUT2D eigenvalue weighted by Gasteiger charge is -2.24. The molecule has 1 aromatic heterocycles. The van der Waals surface area contributed by atoms with E-state index in [9.17, 15) is 5.11 Å². The molecule has 2 fully saturated rings. The number of benzene rings is 1. The van der Waals surface area contributed by atoms with Crippen molar-refractivity contribution in [2.45, 2.75) is 63.4 Å². The van der Waals surface area contributed by atoms with Gasteiger partial charge in [-0.25, -0.2) is 13.6 Å². The van der Waals surface area contributed by atoms with Crippen LogP contribution < -0.4 is 5.14 Å². The second kappa shape index (κ2) is 8.08. The van der Waals surface area contributed by atoms with Gasteiger partial charge in [0, 0.05) is 11.8 Å². The van der Waals surface area contributed by atoms with E-state index in [2.05, 4.69) is 53.4 Å². The van der Waals surface area contributed by atoms with Gasteiger partial charge in [-0.15, -0.1) is 0 Å². The summed E-state index contributed by atoms with van der Waals surface area (Å²) in [5, 5.41) is 18.5. The fraction of sp³-hybridized carbons (Fsp3) is 0.579. The van der Waals surface area contributed by atoms with E-state index in [0.29, 0.717) is 11.7 Å². The lowest BCUT2D eigenvalue weighted by molar-refractivity contribution is 0.101. The molecule has 1 aromatic carbocycles. The Morgan fingerprint density at radius 1 is 1.15 bits per heavy atom. The molecule has 0 bridgehead atoms. The van der Waals surface area contributed by atoms with Crippen molar-refractivity contribution in [1.82, 2.24) is 10.1 Å². The average molecular weight is 394 g/mol. The lowest BCUT2D eigenvalue weighted by atomic mass is 9.86. The molecule has 0 radical (unpaired) electrons. The predicted octanol–water partition coefficient (Wildman–Crippen LogP) is 2.47. The van der Waals surface area contributed by atoms with E-state index in [-0.39, 0.29) is 23.4 Å². The Kier molecular flexibility index (Phi) is 5.98. The monoisotopic (exact) mass is 393 g/mol. The van der Waals surface area contributed by atoms with Crippen molar-refractivity contribution in [2.24, 2.45) is 10.6 Å². The third-order valence-corrected chi connectivity index (χ3v) is 5.77. The minimum Gasteiger partial charge on any atom is -0.392 e. The summed E-state index contributed by atoms with van der Waals surface area (Å²) in [6, 6.07) is 10.6. The minimum atomic E-state index is -2.62. The third-order valence-electron chi connectivity index (χ3n) is 5.77. The molecule has 27 heavy (non-hydrogen) atoms. The van der Waals surface area contributed by atoms with Crippen LogP contribution in [0.15, 0.2) is 34.9 Å². The Morgan fingerprint density at radius 2 is 1.78 bits per heavy atom. The topological polar surface area (TPSA) is 119 Å². The fourth-order valence-corrected chi connectivity index (χ4v) is 4.32. The van der Waals surface area contributed by atoms with Crippen molar-refractivity contribution < 1.29 is 18.0 Å². The van der Waals surface area contributed by atoms with Crippen LogP contribution in [-0.2, 0) is 10.9 Å². The van der Waals surface area contributed by atoms with Crippen LogP contribution in [-0.4, -0.2) is 29.8 Å². The van der Waals surface area contributed by atoms with Crippen LogP contribution in [0.4, 0.5) is 0 Å². The van der Waals surface area contributed by atoms with E-state index in [1.54, 1.807) is 0 Å². The average Bonchev–Trinajstić information content (AvgIpc) is 2.96. The van der Waals surface area contributed by atoms with Crippen LogP contribution in [0.25, 0.3) is 0 Å². The number of hydrogen-bond acceptors (Lipinski definition) is 6. The van der Waals surface area contributed by atoms with Gasteiger partial charge in [0.2, 0.25) is 5.89 Å². The third kappa shape index (κ3) is 4.39. The summed E-state index contributed by atoms with van der Waals surface area (Å²) in [4.78, 5) is 4.68. The molecular weight excluding hydrogens is 366 g/mol. The van der Waals surface area contributed by atoms with Gasteiger partial charge in [0.1, 0.15) is 0 Å². The van der Waals surface area contributed by atoms with E-state index in [0.717, 1.165) is 31.6 Å². The Balaban J connectivity index is 0.000000481. The molecule has 7 nitrogen and oxygen atoms in total. The molecule has 3 N–H and O–H groups in total. The maximum atomic E-state index is 10.2. The minimum absolute atomic E-state index is 0.0401. The summed E-state index contributed by atoms with van der Waals surface area (Å²) in [6.07, 6.45) is 3.69. The van der Waals surface area contributed by atoms with Gasteiger partial charge in [0.15, 0.2) is 16.7 Å². The van der Waals surface area contributed by atoms with E-state index >= 15 is 0 Å². The van der Waals surface area contributed by atoms with Gasteiger partial charge >= 0.3 is 0 Å². The second-order valence-corrected chi connectivity index (χ2v) is 8.49. The summed E-state index contributed by atoms with van der Waals surface area (Å²) < 4.78 is 23.2. The molecule has 0 amide bonds. The van der Waals surface area contributed by atoms with E-state index in [1.807, 2.05) is 6.07 Å². The molecule has 2 aliphatic rings. The first kappa shape index (κ1) is 20.0. The van der Waals surface area contributed by atoms with Gasteiger partial charge in [-0.2, -0.15) is 4.98 Å². The van der Waals surface area contributed by atoms with Crippen molar-refractivity contribution in [1.29, 1.82) is 0 Å². The summed E-state index contributed by atoms with van der Waals surface area (Å²) in [7, 11) is -2.62. The molecule has 2 aromatic rings. The Labute approximate surface area is 161 Å². The molecule has 0 spiro atoms. The first-order valence-corrected chi connectivity index (χ1v) is 10.5. The van der Waals surface area contributed by atoms with Crippen molar-refractivity contribution in [3.05, 3.63) is 47.6 Å². The molecule has 4 atom stereocenters. The molecule has 0 saturated heterocycles. The van der Waals surface area contributed by atoms with Crippen LogP contribution in [0.5, 0.6) is 0 Å². The highest BCUT2D eigenvalue weighted by Crippen LogP contribution is 2.69. The summed E-state index contributed by atoms with van der Waals surface area (Å²) >= 11 is 0. The largest absolute Gasteiger partial charge is 0.392 e. The van der Waals surface area contributed by atoms with Gasteiger partial charge in [-0.1, -0.05) is 62.2 Å². The number of aliphatic hydroxyl groups excluding tert-OH is 1. The number of nitrogens with two attached hydrogens (primary N) is 1. The van der Waals surface area contributed by atoms with E-state index in [4.69, 9.17) is 12.9 Å². The van der Waals surface area contributed by atoms with Crippen LogP contribution in [0.3, 0.4) is 0 Å². The zero-order valence-corrected chi connectivity index (χ0v) is 16.5. The van der Waals surface area contributed by atoms with Crippen LogP contribution >= 0.6 is 0 Å². The highest BCUT2D eigenvalue weighted by atomic mass is 32.2. The Morgan fingerprint density at radius 3 is 2.41 bits per heavy atom. The predicted molar refractivity (Wildman–Crippen MR) is 102 cm³/mol. The van der Waals surface area contributed by atoms with Crippen molar-refractivity contribution in [2.75, 3.05) is 0 Å². The highest BCUT2D eigenvalue weighted by Gasteiger charge is 2.62. The summed E-state index contributed by atoms with van der Waals surface area (Å²) in [5.41, 5.74) is 1.47. The standard InChI is InChI=1S/C19H24N2O2.H3NO2S/c1-19(2)15(12-8-4-3-5-9-12)16(19)18-20-17(21-23-18)13-10-6-7-11-14(13)22;1-4(2)3/h3-5,8-9,13-16,22H,6-7,10-11H2,1-2H3;4H,(H2,1,2,3)/t13?,14?,15-,16+;/m0./s1. The molecule has 4 rings (SSSR count). The molecule has 0 aliphatic heterocycles. The second-order valence-electron chi connectivity index (χ2n) is 7.92. The zero-order chi connectivity index (χ0) is 19.6. The Bertz CT molecular complexity index is 826. The van der Waals surface area contributed by atoms with Crippen LogP contribution in [0.2, 0.25) is 0 Å². The van der Waals surface area contributed by atoms with Gasteiger partial charge in [-0.05, 0) is 23.8 Å². The van der Waals surface area contributed by atoms with Gasteiger partial charge in [0.25, 0.3) is 0 Å². The maximum absolute atomic E-state index is 10.2. The van der Waals surface area contributed by atoms with E-state index in [1.165, 1.54) is 5.56 Å². The number of aromatic nitrogens is 2. The van der Waals surface area contributed by atoms with Gasteiger partial charge < -0.3 is 9.63 Å². The molecule has 148 valence electrons. The smallest absolute Gasteiger partial charge is 0.230 e. The van der Waals surface area contributed by atoms with E-state index < -0.39 is 10.9 Å². The first-order chi connectivity index (χ1) is 12.8. The molecule has 2 unspecified atom stereocenters. The first-order valence-electron chi connectivity index (χ1n) is 9.28. The maximum Gasteiger partial charge on any atom is 0.230 e. The fourth-order valence-electron chi connectivity index (χ4n) is 4.32. The van der Waals surface area contributed by atoms with Crippen LogP contribution in [0.1, 0.15) is 74.6 Å². The number of rotatable bonds is 3. The summed E-state index contributed by atoms with van der Waals surface area (Å²) in [5.74, 6) is 2.16. The molecule has 1 heterocycles. The lowest BCUT2D eigenvalue weighted by Crippen LogP contribution is -2.23. The van der Waals surface area contributed by atoms with Crippen molar-refractivity contribution in [3.8, 4) is 0 Å². The highest BCUT2D eigenvalue weighted by molar-refractivity contribution is 7.69. The quantitative estimate of drug-likeness (QED) is 0.689. The zero-order valence-electron chi connectivity index (χ0n) is 15.6.